The number of phosphoric ester groups is 1. The van der Waals surface area contributed by atoms with Gasteiger partial charge in [0.2, 0.25) is 5.91 Å². The quantitative estimate of drug-likeness (QED) is 0.0245. The van der Waals surface area contributed by atoms with E-state index in [4.69, 9.17) is 13.8 Å². The molecule has 0 heterocycles. The number of rotatable bonds is 37. The van der Waals surface area contributed by atoms with Crippen LogP contribution in [0.1, 0.15) is 129 Å². The third-order valence-corrected chi connectivity index (χ3v) is 8.87. The lowest BCUT2D eigenvalue weighted by Crippen LogP contribution is -2.27. The lowest BCUT2D eigenvalue weighted by atomic mass is 10.1. The van der Waals surface area contributed by atoms with Crippen molar-refractivity contribution in [1.82, 2.24) is 5.32 Å². The van der Waals surface area contributed by atoms with Gasteiger partial charge in [0, 0.05) is 19.4 Å². The zero-order valence-corrected chi connectivity index (χ0v) is 35.9. The molecular formula is C47H74NO8P. The Kier molecular flexibility index (Phi) is 39.4. The summed E-state index contributed by atoms with van der Waals surface area (Å²) in [7, 11) is -4.45. The Labute approximate surface area is 345 Å². The Morgan fingerprint density at radius 1 is 0.544 bits per heavy atom. The number of amides is 1. The lowest BCUT2D eigenvalue weighted by Gasteiger charge is -2.15. The Morgan fingerprint density at radius 3 is 1.42 bits per heavy atom. The molecule has 3 N–H and O–H groups in total. The minimum atomic E-state index is -4.45. The number of hydrogen-bond donors (Lipinski definition) is 3. The topological polar surface area (TPSA) is 131 Å². The predicted octanol–water partition coefficient (Wildman–Crippen LogP) is 11.8. The number of carbonyl (C=O) groups is 2. The molecule has 0 fully saturated rings. The first-order valence-corrected chi connectivity index (χ1v) is 22.5. The lowest BCUT2D eigenvalue weighted by molar-refractivity contribution is -0.147. The van der Waals surface area contributed by atoms with Crippen molar-refractivity contribution in [1.29, 1.82) is 0 Å². The maximum atomic E-state index is 12.1. The van der Waals surface area contributed by atoms with E-state index in [-0.39, 0.29) is 32.1 Å². The van der Waals surface area contributed by atoms with Crippen LogP contribution in [0, 0.1) is 0 Å². The summed E-state index contributed by atoms with van der Waals surface area (Å²) in [4.78, 5) is 33.9. The number of aliphatic hydroxyl groups is 1. The Hall–Kier alpha value is -3.59. The average Bonchev–Trinajstić information content (AvgIpc) is 3.20. The summed E-state index contributed by atoms with van der Waals surface area (Å²) in [5, 5.41) is 12.6. The standard InChI is InChI=1S/C47H74NO8P/c1-3-5-7-9-11-13-15-17-19-21-22-24-26-28-30-32-34-36-38-40-47(51)54-43-45(49)44-56-57(52,53)55-42-41-48-46(50)39-37-35-33-31-29-27-25-23-20-18-16-14-12-10-8-6-4-2/h5-8,11-14,17-20,22,24-25,27-28,30-31,33,45,49H,3-4,9-10,15-16,21,23,26,29,32,34-44H2,1-2H3,(H,48,50)(H,52,53)/b7-5-,8-6-,13-11-,14-12-,19-17-,20-18-,24-22-,27-25-,30-28-,33-31-. The molecular weight excluding hydrogens is 737 g/mol. The monoisotopic (exact) mass is 812 g/mol. The number of allylic oxidation sites excluding steroid dienone is 20. The van der Waals surface area contributed by atoms with Gasteiger partial charge in [-0.25, -0.2) is 4.57 Å². The summed E-state index contributed by atoms with van der Waals surface area (Å²) in [6.07, 6.45) is 57.1. The van der Waals surface area contributed by atoms with Crippen LogP contribution in [0.3, 0.4) is 0 Å². The van der Waals surface area contributed by atoms with Crippen LogP contribution in [-0.2, 0) is 27.9 Å². The fraction of sp³-hybridized carbons (Fsp3) is 0.532. The number of hydrogen-bond acceptors (Lipinski definition) is 7. The van der Waals surface area contributed by atoms with Crippen LogP contribution < -0.4 is 5.32 Å². The van der Waals surface area contributed by atoms with Gasteiger partial charge in [0.25, 0.3) is 0 Å². The van der Waals surface area contributed by atoms with E-state index in [1.807, 2.05) is 0 Å². The zero-order chi connectivity index (χ0) is 41.8. The first-order chi connectivity index (χ1) is 27.8. The minimum absolute atomic E-state index is 0.0386. The first kappa shape index (κ1) is 53.4. The molecule has 10 heteroatoms. The van der Waals surface area contributed by atoms with Gasteiger partial charge >= 0.3 is 13.8 Å². The molecule has 0 aliphatic heterocycles. The number of esters is 1. The summed E-state index contributed by atoms with van der Waals surface area (Å²) >= 11 is 0. The third-order valence-electron chi connectivity index (χ3n) is 7.89. The van der Waals surface area contributed by atoms with Gasteiger partial charge in [0.1, 0.15) is 12.7 Å². The van der Waals surface area contributed by atoms with Gasteiger partial charge in [-0.1, -0.05) is 142 Å². The zero-order valence-electron chi connectivity index (χ0n) is 35.0. The number of carbonyl (C=O) groups excluding carboxylic acids is 2. The summed E-state index contributed by atoms with van der Waals surface area (Å²) in [5.74, 6) is -0.622. The van der Waals surface area contributed by atoms with Crippen molar-refractivity contribution in [3.05, 3.63) is 122 Å². The van der Waals surface area contributed by atoms with E-state index >= 15 is 0 Å². The van der Waals surface area contributed by atoms with Gasteiger partial charge < -0.3 is 20.1 Å². The van der Waals surface area contributed by atoms with Gasteiger partial charge in [-0.05, 0) is 96.3 Å². The van der Waals surface area contributed by atoms with E-state index in [0.29, 0.717) is 19.3 Å². The molecule has 9 nitrogen and oxygen atoms in total. The smallest absolute Gasteiger partial charge is 0.463 e. The molecule has 0 saturated heterocycles. The highest BCUT2D eigenvalue weighted by Gasteiger charge is 2.23. The molecule has 0 saturated carbocycles. The minimum Gasteiger partial charge on any atom is -0.463 e. The van der Waals surface area contributed by atoms with E-state index in [1.54, 1.807) is 0 Å². The van der Waals surface area contributed by atoms with Crippen LogP contribution in [0.25, 0.3) is 0 Å². The Morgan fingerprint density at radius 2 is 0.965 bits per heavy atom. The highest BCUT2D eigenvalue weighted by Crippen LogP contribution is 2.42. The van der Waals surface area contributed by atoms with Crippen molar-refractivity contribution in [3.8, 4) is 0 Å². The predicted molar refractivity (Wildman–Crippen MR) is 238 cm³/mol. The van der Waals surface area contributed by atoms with Crippen molar-refractivity contribution >= 4 is 19.7 Å². The molecule has 0 aromatic carbocycles. The maximum absolute atomic E-state index is 12.1. The van der Waals surface area contributed by atoms with Crippen LogP contribution >= 0.6 is 7.82 Å². The Balaban J connectivity index is 3.78. The second kappa shape index (κ2) is 42.0. The summed E-state index contributed by atoms with van der Waals surface area (Å²) in [6, 6.07) is 0. The third kappa shape index (κ3) is 43.4. The second-order valence-corrected chi connectivity index (χ2v) is 14.6. The van der Waals surface area contributed by atoms with Gasteiger partial charge in [-0.2, -0.15) is 0 Å². The fourth-order valence-corrected chi connectivity index (χ4v) is 5.55. The van der Waals surface area contributed by atoms with Gasteiger partial charge in [0.05, 0.1) is 13.2 Å². The fourth-order valence-electron chi connectivity index (χ4n) is 4.79. The van der Waals surface area contributed by atoms with Crippen molar-refractivity contribution in [2.24, 2.45) is 0 Å². The highest BCUT2D eigenvalue weighted by atomic mass is 31.2. The average molecular weight is 812 g/mol. The number of phosphoric acid groups is 1. The number of ether oxygens (including phenoxy) is 1. The largest absolute Gasteiger partial charge is 0.472 e. The van der Waals surface area contributed by atoms with E-state index in [0.717, 1.165) is 89.9 Å². The molecule has 0 aromatic heterocycles. The number of unbranched alkanes of at least 4 members (excludes halogenated alkanes) is 4. The SMILES string of the molecule is CC/C=C\C/C=C\C/C=C\C/C=C\C/C=C\CCCCCC(=O)OCC(O)COP(=O)(O)OCCNC(=O)CCC/C=C\C/C=C\C/C=C\C/C=C\C/C=C\CC. The van der Waals surface area contributed by atoms with E-state index in [1.165, 1.54) is 0 Å². The summed E-state index contributed by atoms with van der Waals surface area (Å²) in [6.45, 7) is 3.18. The van der Waals surface area contributed by atoms with Crippen LogP contribution in [0.5, 0.6) is 0 Å². The highest BCUT2D eigenvalue weighted by molar-refractivity contribution is 7.47. The molecule has 0 aliphatic carbocycles. The molecule has 0 rings (SSSR count). The van der Waals surface area contributed by atoms with Gasteiger partial charge in [-0.15, -0.1) is 0 Å². The van der Waals surface area contributed by atoms with Gasteiger partial charge in [-0.3, -0.25) is 18.6 Å². The van der Waals surface area contributed by atoms with Crippen LogP contribution in [0.4, 0.5) is 0 Å². The number of aliphatic hydroxyl groups excluding tert-OH is 1. The summed E-state index contributed by atoms with van der Waals surface area (Å²) < 4.78 is 26.8. The van der Waals surface area contributed by atoms with Crippen molar-refractivity contribution in [3.63, 3.8) is 0 Å². The molecule has 0 aliphatic rings. The number of nitrogens with one attached hydrogen (secondary N) is 1. The molecule has 1 amide bonds. The molecule has 0 spiro atoms. The van der Waals surface area contributed by atoms with Gasteiger partial charge in [0.15, 0.2) is 0 Å². The van der Waals surface area contributed by atoms with Crippen LogP contribution in [0.2, 0.25) is 0 Å². The van der Waals surface area contributed by atoms with Crippen molar-refractivity contribution in [2.45, 2.75) is 136 Å². The first-order valence-electron chi connectivity index (χ1n) is 21.0. The van der Waals surface area contributed by atoms with E-state index in [2.05, 4.69) is 141 Å². The molecule has 2 atom stereocenters. The van der Waals surface area contributed by atoms with Crippen molar-refractivity contribution in [2.75, 3.05) is 26.4 Å². The van der Waals surface area contributed by atoms with Crippen LogP contribution in [0.15, 0.2) is 122 Å². The second-order valence-electron chi connectivity index (χ2n) is 13.2. The van der Waals surface area contributed by atoms with E-state index in [9.17, 15) is 24.2 Å². The normalized spacial score (nSPS) is 14.5. The molecule has 0 bridgehead atoms. The van der Waals surface area contributed by atoms with Crippen LogP contribution in [-0.4, -0.2) is 54.3 Å². The molecule has 0 radical (unpaired) electrons. The Bertz CT molecular complexity index is 1340. The summed E-state index contributed by atoms with van der Waals surface area (Å²) in [5.41, 5.74) is 0. The molecule has 320 valence electrons. The molecule has 0 aromatic rings. The van der Waals surface area contributed by atoms with E-state index < -0.39 is 26.5 Å². The molecule has 57 heavy (non-hydrogen) atoms. The molecule has 2 unspecified atom stereocenters. The maximum Gasteiger partial charge on any atom is 0.472 e. The van der Waals surface area contributed by atoms with Crippen molar-refractivity contribution < 1.29 is 37.9 Å².